The monoisotopic (exact) mass is 273 g/mol. The first-order chi connectivity index (χ1) is 8.09. The topological polar surface area (TPSA) is 67.2 Å². The van der Waals surface area contributed by atoms with Crippen molar-refractivity contribution >= 4 is 17.6 Å². The molecule has 0 aliphatic carbocycles. The Morgan fingerprint density at radius 3 is 2.44 bits per heavy atom. The van der Waals surface area contributed by atoms with Gasteiger partial charge in [-0.05, 0) is 27.7 Å². The number of nitrogens with zero attached hydrogens (tertiary/aromatic N) is 2. The van der Waals surface area contributed by atoms with Crippen molar-refractivity contribution in [1.82, 2.24) is 14.9 Å². The standard InChI is InChI=1S/C12H20ClN3O2/c1-11(2,10(17)18)12(3,4)15-7-9-14-6-8(13)16(9)5/h6,15H,7H2,1-5H3,(H,17,18). The fourth-order valence-corrected chi connectivity index (χ4v) is 1.52. The minimum Gasteiger partial charge on any atom is -0.481 e. The molecule has 0 saturated heterocycles. The number of aromatic nitrogens is 2. The fraction of sp³-hybridized carbons (Fsp3) is 0.667. The first kappa shape index (κ1) is 15.0. The lowest BCUT2D eigenvalue weighted by atomic mass is 9.74. The van der Waals surface area contributed by atoms with E-state index in [-0.39, 0.29) is 0 Å². The lowest BCUT2D eigenvalue weighted by Gasteiger charge is -2.39. The van der Waals surface area contributed by atoms with Crippen molar-refractivity contribution in [3.8, 4) is 0 Å². The number of aliphatic carboxylic acids is 1. The summed E-state index contributed by atoms with van der Waals surface area (Å²) in [6.45, 7) is 7.60. The van der Waals surface area contributed by atoms with Gasteiger partial charge in [-0.2, -0.15) is 0 Å². The van der Waals surface area contributed by atoms with Crippen molar-refractivity contribution in [2.75, 3.05) is 0 Å². The van der Waals surface area contributed by atoms with Gasteiger partial charge in [0.15, 0.2) is 0 Å². The van der Waals surface area contributed by atoms with Crippen LogP contribution in [0.15, 0.2) is 6.20 Å². The molecule has 6 heteroatoms. The third-order valence-electron chi connectivity index (χ3n) is 3.81. The van der Waals surface area contributed by atoms with Crippen LogP contribution >= 0.6 is 11.6 Å². The average molecular weight is 274 g/mol. The van der Waals surface area contributed by atoms with Crippen LogP contribution in [-0.2, 0) is 18.4 Å². The highest BCUT2D eigenvalue weighted by atomic mass is 35.5. The van der Waals surface area contributed by atoms with Crippen LogP contribution in [-0.4, -0.2) is 26.2 Å². The summed E-state index contributed by atoms with van der Waals surface area (Å²) in [4.78, 5) is 15.4. The first-order valence-electron chi connectivity index (χ1n) is 5.74. The third-order valence-corrected chi connectivity index (χ3v) is 4.16. The Kier molecular flexibility index (Phi) is 4.08. The van der Waals surface area contributed by atoms with Crippen LogP contribution in [0, 0.1) is 5.41 Å². The molecule has 0 amide bonds. The third kappa shape index (κ3) is 2.67. The number of carboxylic acid groups (broad SMARTS) is 1. The molecule has 1 aromatic rings. The summed E-state index contributed by atoms with van der Waals surface area (Å²) in [5.74, 6) is -0.0628. The Bertz CT molecular complexity index is 452. The lowest BCUT2D eigenvalue weighted by Crippen LogP contribution is -2.54. The maximum atomic E-state index is 11.3. The summed E-state index contributed by atoms with van der Waals surface area (Å²) < 4.78 is 1.76. The number of carbonyl (C=O) groups is 1. The highest BCUT2D eigenvalue weighted by molar-refractivity contribution is 6.29. The predicted octanol–water partition coefficient (Wildman–Crippen LogP) is 2.05. The minimum absolute atomic E-state index is 0.465. The van der Waals surface area contributed by atoms with E-state index in [2.05, 4.69) is 10.3 Å². The summed E-state index contributed by atoms with van der Waals surface area (Å²) in [7, 11) is 1.82. The number of hydrogen-bond donors (Lipinski definition) is 2. The van der Waals surface area contributed by atoms with Crippen LogP contribution in [0.1, 0.15) is 33.5 Å². The Balaban J connectivity index is 2.79. The van der Waals surface area contributed by atoms with Gasteiger partial charge in [0.25, 0.3) is 0 Å². The van der Waals surface area contributed by atoms with E-state index in [4.69, 9.17) is 11.6 Å². The quantitative estimate of drug-likeness (QED) is 0.862. The number of imidazole rings is 1. The second-order valence-corrected chi connectivity index (χ2v) is 5.85. The molecular weight excluding hydrogens is 254 g/mol. The van der Waals surface area contributed by atoms with E-state index >= 15 is 0 Å². The molecule has 0 fully saturated rings. The van der Waals surface area contributed by atoms with E-state index in [0.717, 1.165) is 5.82 Å². The molecule has 0 radical (unpaired) electrons. The molecule has 1 aromatic heterocycles. The van der Waals surface area contributed by atoms with E-state index in [1.165, 1.54) is 0 Å². The van der Waals surface area contributed by atoms with Crippen molar-refractivity contribution in [1.29, 1.82) is 0 Å². The zero-order valence-corrected chi connectivity index (χ0v) is 12.2. The van der Waals surface area contributed by atoms with Crippen LogP contribution in [0.4, 0.5) is 0 Å². The van der Waals surface area contributed by atoms with E-state index in [1.807, 2.05) is 20.9 Å². The molecule has 0 bridgehead atoms. The van der Waals surface area contributed by atoms with Crippen LogP contribution in [0.2, 0.25) is 5.15 Å². The number of halogens is 1. The van der Waals surface area contributed by atoms with Gasteiger partial charge in [0, 0.05) is 12.6 Å². The molecule has 2 N–H and O–H groups in total. The molecule has 102 valence electrons. The second kappa shape index (κ2) is 4.90. The minimum atomic E-state index is -0.887. The molecule has 1 rings (SSSR count). The van der Waals surface area contributed by atoms with Crippen LogP contribution in [0.3, 0.4) is 0 Å². The van der Waals surface area contributed by atoms with E-state index < -0.39 is 16.9 Å². The average Bonchev–Trinajstić information content (AvgIpc) is 2.57. The molecule has 0 aromatic carbocycles. The zero-order valence-electron chi connectivity index (χ0n) is 11.4. The highest BCUT2D eigenvalue weighted by Gasteiger charge is 2.43. The van der Waals surface area contributed by atoms with E-state index in [0.29, 0.717) is 11.7 Å². The molecule has 5 nitrogen and oxygen atoms in total. The second-order valence-electron chi connectivity index (χ2n) is 5.46. The molecular formula is C12H20ClN3O2. The smallest absolute Gasteiger partial charge is 0.310 e. The molecule has 0 aliphatic rings. The number of hydrogen-bond acceptors (Lipinski definition) is 3. The Labute approximate surface area is 112 Å². The lowest BCUT2D eigenvalue weighted by molar-refractivity contribution is -0.151. The molecule has 1 heterocycles. The summed E-state index contributed by atoms with van der Waals surface area (Å²) in [6.07, 6.45) is 1.58. The van der Waals surface area contributed by atoms with Crippen molar-refractivity contribution in [3.63, 3.8) is 0 Å². The summed E-state index contributed by atoms with van der Waals surface area (Å²) >= 11 is 5.90. The Morgan fingerprint density at radius 1 is 1.50 bits per heavy atom. The molecule has 0 spiro atoms. The van der Waals surface area contributed by atoms with Gasteiger partial charge in [0.1, 0.15) is 11.0 Å². The predicted molar refractivity (Wildman–Crippen MR) is 70.6 cm³/mol. The maximum Gasteiger partial charge on any atom is 0.310 e. The normalized spacial score (nSPS) is 12.8. The Morgan fingerprint density at radius 2 is 2.06 bits per heavy atom. The SMILES string of the molecule is Cn1c(Cl)cnc1CNC(C)(C)C(C)(C)C(=O)O. The largest absolute Gasteiger partial charge is 0.481 e. The molecule has 0 unspecified atom stereocenters. The fourth-order valence-electron chi connectivity index (χ4n) is 1.38. The number of rotatable bonds is 5. The van der Waals surface area contributed by atoms with E-state index in [1.54, 1.807) is 24.6 Å². The van der Waals surface area contributed by atoms with Crippen LogP contribution in [0.5, 0.6) is 0 Å². The van der Waals surface area contributed by atoms with Crippen molar-refractivity contribution < 1.29 is 9.90 Å². The maximum absolute atomic E-state index is 11.3. The van der Waals surface area contributed by atoms with Crippen LogP contribution < -0.4 is 5.32 Å². The summed E-state index contributed by atoms with van der Waals surface area (Å²) in [5, 5.41) is 13.0. The summed E-state index contributed by atoms with van der Waals surface area (Å²) in [5.41, 5.74) is -1.46. The van der Waals surface area contributed by atoms with Gasteiger partial charge < -0.3 is 15.0 Å². The first-order valence-corrected chi connectivity index (χ1v) is 6.12. The van der Waals surface area contributed by atoms with Gasteiger partial charge >= 0.3 is 5.97 Å². The highest BCUT2D eigenvalue weighted by Crippen LogP contribution is 2.30. The number of nitrogens with one attached hydrogen (secondary N) is 1. The van der Waals surface area contributed by atoms with Crippen LogP contribution in [0.25, 0.3) is 0 Å². The van der Waals surface area contributed by atoms with E-state index in [9.17, 15) is 9.90 Å². The molecule has 18 heavy (non-hydrogen) atoms. The van der Waals surface area contributed by atoms with Gasteiger partial charge in [-0.3, -0.25) is 4.79 Å². The van der Waals surface area contributed by atoms with Crippen molar-refractivity contribution in [2.24, 2.45) is 12.5 Å². The van der Waals surface area contributed by atoms with Gasteiger partial charge in [-0.1, -0.05) is 11.6 Å². The van der Waals surface area contributed by atoms with Gasteiger partial charge in [-0.15, -0.1) is 0 Å². The van der Waals surface area contributed by atoms with Gasteiger partial charge in [0.2, 0.25) is 0 Å². The molecule has 0 saturated carbocycles. The molecule has 0 aliphatic heterocycles. The number of carboxylic acids is 1. The van der Waals surface area contributed by atoms with Crippen molar-refractivity contribution in [3.05, 3.63) is 17.2 Å². The van der Waals surface area contributed by atoms with Gasteiger partial charge in [0.05, 0.1) is 18.2 Å². The molecule has 0 atom stereocenters. The summed E-state index contributed by atoms with van der Waals surface area (Å²) in [6, 6.07) is 0. The zero-order chi connectivity index (χ0) is 14.1. The van der Waals surface area contributed by atoms with Crippen molar-refractivity contribution in [2.45, 2.75) is 39.8 Å². The van der Waals surface area contributed by atoms with Gasteiger partial charge in [-0.25, -0.2) is 4.98 Å². The Hall–Kier alpha value is -1.07.